The zero-order chi connectivity index (χ0) is 20.1. The average Bonchev–Trinajstić information content (AvgIpc) is 2.90. The topological polar surface area (TPSA) is 79.9 Å². The SMILES string of the molecule is NC1=CN(C[C@@H]2CCS[C@H](c3ccc(Oc4ccccc4)cc3)C(=O)N2)CN=C1. The van der Waals surface area contributed by atoms with Crippen LogP contribution < -0.4 is 15.8 Å². The van der Waals surface area contributed by atoms with Crippen molar-refractivity contribution in [3.63, 3.8) is 0 Å². The Balaban J connectivity index is 1.37. The number of thioether (sulfide) groups is 1. The van der Waals surface area contributed by atoms with Crippen molar-refractivity contribution in [3.05, 3.63) is 72.1 Å². The van der Waals surface area contributed by atoms with Gasteiger partial charge in [0.25, 0.3) is 0 Å². The number of nitrogens with one attached hydrogen (secondary N) is 1. The van der Waals surface area contributed by atoms with E-state index in [1.54, 1.807) is 18.0 Å². The van der Waals surface area contributed by atoms with Crippen LogP contribution in [0.2, 0.25) is 0 Å². The number of benzene rings is 2. The van der Waals surface area contributed by atoms with Gasteiger partial charge in [0, 0.05) is 25.0 Å². The Morgan fingerprint density at radius 2 is 1.90 bits per heavy atom. The molecule has 6 nitrogen and oxygen atoms in total. The molecule has 2 aliphatic rings. The Hall–Kier alpha value is -2.93. The molecule has 0 aromatic heterocycles. The van der Waals surface area contributed by atoms with Crippen LogP contribution in [0.4, 0.5) is 0 Å². The molecule has 1 amide bonds. The van der Waals surface area contributed by atoms with Gasteiger partial charge < -0.3 is 20.7 Å². The molecule has 0 unspecified atom stereocenters. The second-order valence-corrected chi connectivity index (χ2v) is 8.30. The highest BCUT2D eigenvalue weighted by molar-refractivity contribution is 8.00. The standard InChI is InChI=1S/C22H24N4O2S/c23-17-12-24-15-26(13-17)14-18-10-11-29-21(22(27)25-18)16-6-8-20(9-7-16)28-19-4-2-1-3-5-19/h1-9,12-13,18,21H,10-11,14-15,23H2,(H,25,27)/t18-,21+/m0/s1. The van der Waals surface area contributed by atoms with Gasteiger partial charge in [-0.3, -0.25) is 9.79 Å². The molecule has 3 N–H and O–H groups in total. The first-order valence-corrected chi connectivity index (χ1v) is 10.7. The number of ether oxygens (including phenoxy) is 1. The number of nitrogens with two attached hydrogens (primary N) is 1. The van der Waals surface area contributed by atoms with E-state index < -0.39 is 0 Å². The van der Waals surface area contributed by atoms with E-state index in [4.69, 9.17) is 10.5 Å². The number of carbonyl (C=O) groups excluding carboxylic acids is 1. The highest BCUT2D eigenvalue weighted by atomic mass is 32.2. The zero-order valence-corrected chi connectivity index (χ0v) is 16.8. The first kappa shape index (κ1) is 19.4. The molecule has 2 heterocycles. The number of hydrogen-bond donors (Lipinski definition) is 2. The lowest BCUT2D eigenvalue weighted by molar-refractivity contribution is -0.121. The van der Waals surface area contributed by atoms with E-state index in [0.29, 0.717) is 18.9 Å². The Morgan fingerprint density at radius 3 is 2.66 bits per heavy atom. The number of rotatable bonds is 5. The number of carbonyl (C=O) groups is 1. The van der Waals surface area contributed by atoms with Crippen LogP contribution in [0.3, 0.4) is 0 Å². The summed E-state index contributed by atoms with van der Waals surface area (Å²) in [5, 5.41) is 2.97. The van der Waals surface area contributed by atoms with Crippen LogP contribution in [-0.4, -0.2) is 42.0 Å². The molecule has 0 saturated carbocycles. The summed E-state index contributed by atoms with van der Waals surface area (Å²) in [6.45, 7) is 1.29. The quantitative estimate of drug-likeness (QED) is 0.794. The summed E-state index contributed by atoms with van der Waals surface area (Å²) in [6, 6.07) is 17.5. The minimum atomic E-state index is -0.217. The van der Waals surface area contributed by atoms with Crippen LogP contribution in [0.15, 0.2) is 71.5 Å². The molecule has 1 fully saturated rings. The predicted molar refractivity (Wildman–Crippen MR) is 117 cm³/mol. The smallest absolute Gasteiger partial charge is 0.237 e. The molecule has 4 rings (SSSR count). The van der Waals surface area contributed by atoms with Crippen molar-refractivity contribution in [3.8, 4) is 11.5 Å². The fourth-order valence-electron chi connectivity index (χ4n) is 3.40. The molecule has 29 heavy (non-hydrogen) atoms. The normalized spacial score (nSPS) is 21.9. The summed E-state index contributed by atoms with van der Waals surface area (Å²) in [6.07, 6.45) is 4.47. The number of allylic oxidation sites excluding steroid dienone is 1. The van der Waals surface area contributed by atoms with Crippen molar-refractivity contribution in [1.82, 2.24) is 10.2 Å². The fraction of sp³-hybridized carbons (Fsp3) is 0.273. The predicted octanol–water partition coefficient (Wildman–Crippen LogP) is 3.29. The molecule has 1 saturated heterocycles. The van der Waals surface area contributed by atoms with Crippen LogP contribution >= 0.6 is 11.8 Å². The first-order chi connectivity index (χ1) is 14.2. The second-order valence-electron chi connectivity index (χ2n) is 7.08. The minimum absolute atomic E-state index is 0.0479. The Labute approximate surface area is 174 Å². The van der Waals surface area contributed by atoms with Crippen LogP contribution in [0.25, 0.3) is 0 Å². The molecular weight excluding hydrogens is 384 g/mol. The van der Waals surface area contributed by atoms with Gasteiger partial charge in [0.05, 0.1) is 5.70 Å². The summed E-state index contributed by atoms with van der Waals surface area (Å²) in [7, 11) is 0. The van der Waals surface area contributed by atoms with Crippen molar-refractivity contribution >= 4 is 23.9 Å². The van der Waals surface area contributed by atoms with Crippen molar-refractivity contribution < 1.29 is 9.53 Å². The van der Waals surface area contributed by atoms with E-state index in [9.17, 15) is 4.79 Å². The van der Waals surface area contributed by atoms with E-state index in [1.165, 1.54) is 0 Å². The second kappa shape index (κ2) is 9.05. The minimum Gasteiger partial charge on any atom is -0.457 e. The third-order valence-electron chi connectivity index (χ3n) is 4.79. The summed E-state index contributed by atoms with van der Waals surface area (Å²) in [5.41, 5.74) is 7.44. The van der Waals surface area contributed by atoms with Crippen molar-refractivity contribution in [2.75, 3.05) is 19.0 Å². The van der Waals surface area contributed by atoms with Gasteiger partial charge in [-0.1, -0.05) is 30.3 Å². The molecule has 0 radical (unpaired) electrons. The maximum absolute atomic E-state index is 12.9. The van der Waals surface area contributed by atoms with Gasteiger partial charge in [0.1, 0.15) is 23.4 Å². The van der Waals surface area contributed by atoms with Crippen molar-refractivity contribution in [1.29, 1.82) is 0 Å². The lowest BCUT2D eigenvalue weighted by Gasteiger charge is -2.26. The summed E-state index contributed by atoms with van der Waals surface area (Å²) < 4.78 is 5.84. The lowest BCUT2D eigenvalue weighted by Crippen LogP contribution is -2.43. The van der Waals surface area contributed by atoms with Crippen LogP contribution in [0.5, 0.6) is 11.5 Å². The van der Waals surface area contributed by atoms with Gasteiger partial charge in [0.2, 0.25) is 5.91 Å². The van der Waals surface area contributed by atoms with Gasteiger partial charge in [0.15, 0.2) is 0 Å². The largest absolute Gasteiger partial charge is 0.457 e. The van der Waals surface area contributed by atoms with Crippen LogP contribution in [-0.2, 0) is 4.79 Å². The monoisotopic (exact) mass is 408 g/mol. The Kier molecular flexibility index (Phi) is 6.05. The van der Waals surface area contributed by atoms with Crippen LogP contribution in [0, 0.1) is 0 Å². The molecule has 150 valence electrons. The number of amides is 1. The summed E-state index contributed by atoms with van der Waals surface area (Å²) in [4.78, 5) is 19.1. The third-order valence-corrected chi connectivity index (χ3v) is 6.08. The highest BCUT2D eigenvalue weighted by Crippen LogP contribution is 2.33. The van der Waals surface area contributed by atoms with Gasteiger partial charge >= 0.3 is 0 Å². The number of aliphatic imine (C=N–C) groups is 1. The van der Waals surface area contributed by atoms with Crippen molar-refractivity contribution in [2.24, 2.45) is 10.7 Å². The van der Waals surface area contributed by atoms with E-state index in [1.807, 2.05) is 65.7 Å². The fourth-order valence-corrected chi connectivity index (χ4v) is 4.63. The summed E-state index contributed by atoms with van der Waals surface area (Å²) >= 11 is 1.68. The van der Waals surface area contributed by atoms with E-state index in [-0.39, 0.29) is 17.2 Å². The maximum Gasteiger partial charge on any atom is 0.237 e. The maximum atomic E-state index is 12.9. The molecule has 0 spiro atoms. The Bertz CT molecular complexity index is 899. The molecule has 2 atom stereocenters. The van der Waals surface area contributed by atoms with Gasteiger partial charge in [-0.2, -0.15) is 0 Å². The van der Waals surface area contributed by atoms with E-state index in [2.05, 4.69) is 10.3 Å². The molecule has 2 aromatic rings. The molecule has 2 aromatic carbocycles. The first-order valence-electron chi connectivity index (χ1n) is 9.63. The van der Waals surface area contributed by atoms with Gasteiger partial charge in [-0.25, -0.2) is 0 Å². The zero-order valence-electron chi connectivity index (χ0n) is 16.0. The highest BCUT2D eigenvalue weighted by Gasteiger charge is 2.28. The molecule has 2 aliphatic heterocycles. The molecule has 0 bridgehead atoms. The van der Waals surface area contributed by atoms with Crippen molar-refractivity contribution in [2.45, 2.75) is 17.7 Å². The summed E-state index contributed by atoms with van der Waals surface area (Å²) in [5.74, 6) is 2.51. The Morgan fingerprint density at radius 1 is 1.14 bits per heavy atom. The van der Waals surface area contributed by atoms with Crippen LogP contribution in [0.1, 0.15) is 17.2 Å². The molecule has 0 aliphatic carbocycles. The van der Waals surface area contributed by atoms with E-state index in [0.717, 1.165) is 29.2 Å². The molecule has 7 heteroatoms. The molecular formula is C22H24N4O2S. The van der Waals surface area contributed by atoms with Gasteiger partial charge in [-0.05, 0) is 42.0 Å². The number of para-hydroxylation sites is 1. The number of nitrogens with zero attached hydrogens (tertiary/aromatic N) is 2. The van der Waals surface area contributed by atoms with Gasteiger partial charge in [-0.15, -0.1) is 11.8 Å². The van der Waals surface area contributed by atoms with E-state index >= 15 is 0 Å². The lowest BCUT2D eigenvalue weighted by atomic mass is 10.1. The third kappa shape index (κ3) is 5.12. The average molecular weight is 409 g/mol. The number of hydrogen-bond acceptors (Lipinski definition) is 6.